The van der Waals surface area contributed by atoms with Crippen LogP contribution in [0.3, 0.4) is 0 Å². The molecule has 0 radical (unpaired) electrons. The van der Waals surface area contributed by atoms with Crippen LogP contribution in [0.1, 0.15) is 49.8 Å². The zero-order valence-electron chi connectivity index (χ0n) is 16.0. The largest absolute Gasteiger partial charge is 0.361 e. The highest BCUT2D eigenvalue weighted by atomic mass is 16.2. The SMILES string of the molecule is CCc1cccc2c(C(CC(=O)N(CC)CC)c3ccccc3)c[nH]c12. The molecule has 2 aromatic carbocycles. The van der Waals surface area contributed by atoms with E-state index in [0.29, 0.717) is 6.42 Å². The van der Waals surface area contributed by atoms with E-state index in [4.69, 9.17) is 0 Å². The highest BCUT2D eigenvalue weighted by molar-refractivity contribution is 5.88. The van der Waals surface area contributed by atoms with Crippen molar-refractivity contribution in [2.45, 2.75) is 39.5 Å². The van der Waals surface area contributed by atoms with E-state index in [0.717, 1.165) is 19.5 Å². The lowest BCUT2D eigenvalue weighted by Gasteiger charge is -2.23. The minimum Gasteiger partial charge on any atom is -0.361 e. The van der Waals surface area contributed by atoms with Crippen LogP contribution in [-0.2, 0) is 11.2 Å². The molecule has 0 saturated heterocycles. The van der Waals surface area contributed by atoms with Gasteiger partial charge in [-0.25, -0.2) is 0 Å². The Balaban J connectivity index is 2.06. The number of amides is 1. The van der Waals surface area contributed by atoms with Crippen molar-refractivity contribution in [2.75, 3.05) is 13.1 Å². The van der Waals surface area contributed by atoms with Gasteiger partial charge in [-0.3, -0.25) is 4.79 Å². The molecule has 1 unspecified atom stereocenters. The number of para-hydroxylation sites is 1. The number of aryl methyl sites for hydroxylation is 1. The zero-order valence-corrected chi connectivity index (χ0v) is 16.0. The Hall–Kier alpha value is -2.55. The molecule has 1 aromatic heterocycles. The smallest absolute Gasteiger partial charge is 0.223 e. The third-order valence-electron chi connectivity index (χ3n) is 5.29. The van der Waals surface area contributed by atoms with Crippen molar-refractivity contribution in [1.29, 1.82) is 0 Å². The molecule has 26 heavy (non-hydrogen) atoms. The van der Waals surface area contributed by atoms with Crippen LogP contribution in [0.4, 0.5) is 0 Å². The van der Waals surface area contributed by atoms with Crippen LogP contribution in [0.2, 0.25) is 0 Å². The van der Waals surface area contributed by atoms with Crippen molar-refractivity contribution in [3.05, 3.63) is 71.4 Å². The van der Waals surface area contributed by atoms with Crippen molar-refractivity contribution in [2.24, 2.45) is 0 Å². The van der Waals surface area contributed by atoms with Crippen LogP contribution in [-0.4, -0.2) is 28.9 Å². The number of fused-ring (bicyclic) bond motifs is 1. The highest BCUT2D eigenvalue weighted by Gasteiger charge is 2.23. The number of nitrogens with one attached hydrogen (secondary N) is 1. The third kappa shape index (κ3) is 3.52. The van der Waals surface area contributed by atoms with Gasteiger partial charge in [0.05, 0.1) is 0 Å². The summed E-state index contributed by atoms with van der Waals surface area (Å²) in [6.07, 6.45) is 3.58. The first-order valence-electron chi connectivity index (χ1n) is 9.61. The summed E-state index contributed by atoms with van der Waals surface area (Å²) in [5, 5.41) is 1.23. The first-order chi connectivity index (χ1) is 12.7. The average Bonchev–Trinajstić information content (AvgIpc) is 3.11. The molecule has 0 aliphatic heterocycles. The fraction of sp³-hybridized carbons (Fsp3) is 0.348. The van der Waals surface area contributed by atoms with E-state index in [1.807, 2.05) is 24.8 Å². The molecule has 3 heteroatoms. The maximum atomic E-state index is 12.9. The number of carbonyl (C=O) groups is 1. The van der Waals surface area contributed by atoms with Crippen molar-refractivity contribution < 1.29 is 4.79 Å². The summed E-state index contributed by atoms with van der Waals surface area (Å²) in [7, 11) is 0. The Labute approximate surface area is 156 Å². The van der Waals surface area contributed by atoms with Crippen LogP contribution >= 0.6 is 0 Å². The van der Waals surface area contributed by atoms with Crippen molar-refractivity contribution in [3.63, 3.8) is 0 Å². The predicted octanol–water partition coefficient (Wildman–Crippen LogP) is 5.12. The summed E-state index contributed by atoms with van der Waals surface area (Å²) in [5.74, 6) is 0.273. The molecule has 0 saturated carbocycles. The lowest BCUT2D eigenvalue weighted by atomic mass is 9.87. The molecule has 1 atom stereocenters. The van der Waals surface area contributed by atoms with Gasteiger partial charge in [-0.05, 0) is 37.0 Å². The second kappa shape index (κ2) is 8.22. The number of nitrogens with zero attached hydrogens (tertiary/aromatic N) is 1. The summed E-state index contributed by atoms with van der Waals surface area (Å²) in [5.41, 5.74) is 4.91. The number of carbonyl (C=O) groups excluding carboxylic acids is 1. The molecule has 0 aliphatic rings. The van der Waals surface area contributed by atoms with Gasteiger partial charge in [0.25, 0.3) is 0 Å². The lowest BCUT2D eigenvalue weighted by molar-refractivity contribution is -0.131. The number of hydrogen-bond acceptors (Lipinski definition) is 1. The van der Waals surface area contributed by atoms with Gasteiger partial charge in [0, 0.05) is 42.5 Å². The Kier molecular flexibility index (Phi) is 5.77. The highest BCUT2D eigenvalue weighted by Crippen LogP contribution is 2.34. The van der Waals surface area contributed by atoms with E-state index in [2.05, 4.69) is 60.6 Å². The number of H-pyrrole nitrogens is 1. The molecule has 3 nitrogen and oxygen atoms in total. The van der Waals surface area contributed by atoms with E-state index in [9.17, 15) is 4.79 Å². The van der Waals surface area contributed by atoms with Gasteiger partial charge in [-0.2, -0.15) is 0 Å². The van der Waals surface area contributed by atoms with Gasteiger partial charge in [-0.1, -0.05) is 55.5 Å². The zero-order chi connectivity index (χ0) is 18.5. The van der Waals surface area contributed by atoms with Crippen molar-refractivity contribution in [3.8, 4) is 0 Å². The van der Waals surface area contributed by atoms with Crippen LogP contribution < -0.4 is 0 Å². The van der Waals surface area contributed by atoms with Crippen LogP contribution in [0.5, 0.6) is 0 Å². The van der Waals surface area contributed by atoms with E-state index < -0.39 is 0 Å². The molecule has 1 N–H and O–H groups in total. The lowest BCUT2D eigenvalue weighted by Crippen LogP contribution is -2.31. The summed E-state index contributed by atoms with van der Waals surface area (Å²) < 4.78 is 0. The maximum absolute atomic E-state index is 12.9. The Morgan fingerprint density at radius 2 is 1.73 bits per heavy atom. The monoisotopic (exact) mass is 348 g/mol. The van der Waals surface area contributed by atoms with E-state index in [1.165, 1.54) is 27.6 Å². The van der Waals surface area contributed by atoms with Gasteiger partial charge >= 0.3 is 0 Å². The van der Waals surface area contributed by atoms with Crippen molar-refractivity contribution in [1.82, 2.24) is 9.88 Å². The third-order valence-corrected chi connectivity index (χ3v) is 5.29. The van der Waals surface area contributed by atoms with E-state index in [-0.39, 0.29) is 11.8 Å². The Bertz CT molecular complexity index is 862. The first-order valence-corrected chi connectivity index (χ1v) is 9.61. The first kappa shape index (κ1) is 18.2. The fourth-order valence-electron chi connectivity index (χ4n) is 3.79. The second-order valence-electron chi connectivity index (χ2n) is 6.67. The summed E-state index contributed by atoms with van der Waals surface area (Å²) in [6.45, 7) is 7.76. The summed E-state index contributed by atoms with van der Waals surface area (Å²) in [4.78, 5) is 18.2. The Morgan fingerprint density at radius 3 is 2.38 bits per heavy atom. The molecular weight excluding hydrogens is 320 g/mol. The molecular formula is C23H28N2O. The Morgan fingerprint density at radius 1 is 1.00 bits per heavy atom. The topological polar surface area (TPSA) is 36.1 Å². The van der Waals surface area contributed by atoms with E-state index >= 15 is 0 Å². The molecule has 0 aliphatic carbocycles. The van der Waals surface area contributed by atoms with Gasteiger partial charge in [0.1, 0.15) is 0 Å². The number of aromatic nitrogens is 1. The number of benzene rings is 2. The number of hydrogen-bond donors (Lipinski definition) is 1. The van der Waals surface area contributed by atoms with Gasteiger partial charge in [0.15, 0.2) is 0 Å². The molecule has 1 heterocycles. The minimum atomic E-state index is 0.0603. The summed E-state index contributed by atoms with van der Waals surface area (Å²) >= 11 is 0. The molecule has 136 valence electrons. The molecule has 0 fully saturated rings. The number of rotatable bonds is 7. The molecule has 0 spiro atoms. The van der Waals surface area contributed by atoms with Gasteiger partial charge in [0.2, 0.25) is 5.91 Å². The maximum Gasteiger partial charge on any atom is 0.223 e. The predicted molar refractivity (Wildman–Crippen MR) is 109 cm³/mol. The normalized spacial score (nSPS) is 12.3. The minimum absolute atomic E-state index is 0.0603. The summed E-state index contributed by atoms with van der Waals surface area (Å²) in [6, 6.07) is 16.8. The van der Waals surface area contributed by atoms with Gasteiger partial charge < -0.3 is 9.88 Å². The van der Waals surface area contributed by atoms with Crippen LogP contribution in [0.15, 0.2) is 54.7 Å². The standard InChI is InChI=1S/C23H28N2O/c1-4-17-13-10-14-19-21(16-24-23(17)19)20(18-11-8-7-9-12-18)15-22(26)25(5-2)6-3/h7-14,16,20,24H,4-6,15H2,1-3H3. The van der Waals surface area contributed by atoms with Crippen molar-refractivity contribution >= 4 is 16.8 Å². The van der Waals surface area contributed by atoms with Crippen LogP contribution in [0.25, 0.3) is 10.9 Å². The fourth-order valence-corrected chi connectivity index (χ4v) is 3.79. The number of aromatic amines is 1. The molecule has 1 amide bonds. The van der Waals surface area contributed by atoms with Gasteiger partial charge in [-0.15, -0.1) is 0 Å². The van der Waals surface area contributed by atoms with Crippen LogP contribution in [0, 0.1) is 0 Å². The second-order valence-corrected chi connectivity index (χ2v) is 6.67. The molecule has 3 aromatic rings. The van der Waals surface area contributed by atoms with E-state index in [1.54, 1.807) is 0 Å². The molecule has 0 bridgehead atoms. The average molecular weight is 348 g/mol. The quantitative estimate of drug-likeness (QED) is 0.632. The molecule has 3 rings (SSSR count).